The Hall–Kier alpha value is -1.44. The molecule has 0 aromatic heterocycles. The van der Waals surface area contributed by atoms with E-state index in [9.17, 15) is 10.2 Å². The molecule has 0 spiro atoms. The van der Waals surface area contributed by atoms with Crippen LogP contribution in [0.1, 0.15) is 70.9 Å². The zero-order chi connectivity index (χ0) is 16.3. The Kier molecular flexibility index (Phi) is 5.20. The summed E-state index contributed by atoms with van der Waals surface area (Å²) in [6.07, 6.45) is 7.13. The summed E-state index contributed by atoms with van der Waals surface area (Å²) >= 11 is 0. The Morgan fingerprint density at radius 3 is 2.32 bits per heavy atom. The van der Waals surface area contributed by atoms with Crippen molar-refractivity contribution in [1.82, 2.24) is 0 Å². The van der Waals surface area contributed by atoms with Gasteiger partial charge in [-0.1, -0.05) is 38.3 Å². The predicted molar refractivity (Wildman–Crippen MR) is 92.4 cm³/mol. The third-order valence-corrected chi connectivity index (χ3v) is 4.92. The maximum absolute atomic E-state index is 10.3. The van der Waals surface area contributed by atoms with Crippen LogP contribution >= 0.6 is 0 Å². The number of hydrogen-bond acceptors (Lipinski definition) is 2. The highest BCUT2D eigenvalue weighted by Crippen LogP contribution is 2.41. The molecule has 1 aromatic rings. The van der Waals surface area contributed by atoms with E-state index < -0.39 is 0 Å². The lowest BCUT2D eigenvalue weighted by Crippen LogP contribution is -2.18. The van der Waals surface area contributed by atoms with Crippen molar-refractivity contribution in [3.63, 3.8) is 0 Å². The molecule has 0 heterocycles. The summed E-state index contributed by atoms with van der Waals surface area (Å²) in [4.78, 5) is 0. The van der Waals surface area contributed by atoms with Gasteiger partial charge in [-0.2, -0.15) is 0 Å². The lowest BCUT2D eigenvalue weighted by Gasteiger charge is -2.32. The second-order valence-electron chi connectivity index (χ2n) is 7.62. The molecule has 22 heavy (non-hydrogen) atoms. The fraction of sp³-hybridized carbons (Fsp3) is 0.600. The molecular weight excluding hydrogens is 272 g/mol. The number of allylic oxidation sites excluding steroid dienone is 2. The maximum Gasteiger partial charge on any atom is 0.123 e. The molecule has 0 aliphatic heterocycles. The average molecular weight is 302 g/mol. The molecule has 122 valence electrons. The standard InChI is InChI=1S/C20H30O2/c1-5-6-7-15-10-18(21)17(19(22)11-15)12-16-8-9-20(3,4)13-14(16)2/h10-11,21-22H,5-9,12-13H2,1-4H3. The van der Waals surface area contributed by atoms with E-state index in [-0.39, 0.29) is 11.5 Å². The van der Waals surface area contributed by atoms with Crippen LogP contribution in [-0.2, 0) is 12.8 Å². The van der Waals surface area contributed by atoms with Gasteiger partial charge in [0.15, 0.2) is 0 Å². The molecule has 1 aromatic carbocycles. The van der Waals surface area contributed by atoms with Gasteiger partial charge in [-0.3, -0.25) is 0 Å². The third kappa shape index (κ3) is 4.06. The van der Waals surface area contributed by atoms with Crippen molar-refractivity contribution in [3.8, 4) is 11.5 Å². The molecule has 2 heteroatoms. The van der Waals surface area contributed by atoms with Crippen LogP contribution in [0.4, 0.5) is 0 Å². The molecule has 2 N–H and O–H groups in total. The van der Waals surface area contributed by atoms with Crippen molar-refractivity contribution in [2.24, 2.45) is 5.41 Å². The van der Waals surface area contributed by atoms with Crippen molar-refractivity contribution in [2.45, 2.75) is 72.6 Å². The van der Waals surface area contributed by atoms with Crippen LogP contribution in [0.5, 0.6) is 11.5 Å². The predicted octanol–water partition coefficient (Wildman–Crippen LogP) is 5.51. The van der Waals surface area contributed by atoms with Crippen molar-refractivity contribution >= 4 is 0 Å². The average Bonchev–Trinajstić information content (AvgIpc) is 2.42. The van der Waals surface area contributed by atoms with Gasteiger partial charge in [0.25, 0.3) is 0 Å². The topological polar surface area (TPSA) is 40.5 Å². The largest absolute Gasteiger partial charge is 0.508 e. The summed E-state index contributed by atoms with van der Waals surface area (Å²) < 4.78 is 0. The van der Waals surface area contributed by atoms with Gasteiger partial charge in [0, 0.05) is 12.0 Å². The van der Waals surface area contributed by atoms with Crippen LogP contribution in [0.15, 0.2) is 23.3 Å². The van der Waals surface area contributed by atoms with Crippen molar-refractivity contribution < 1.29 is 10.2 Å². The molecule has 1 aliphatic carbocycles. The number of aryl methyl sites for hydroxylation is 1. The fourth-order valence-corrected chi connectivity index (χ4v) is 3.49. The minimum atomic E-state index is 0.247. The first-order chi connectivity index (χ1) is 10.3. The van der Waals surface area contributed by atoms with E-state index in [0.29, 0.717) is 17.4 Å². The molecule has 0 saturated carbocycles. The molecule has 0 fully saturated rings. The number of rotatable bonds is 5. The quantitative estimate of drug-likeness (QED) is 0.704. The van der Waals surface area contributed by atoms with Crippen LogP contribution in [-0.4, -0.2) is 10.2 Å². The number of benzene rings is 1. The molecule has 1 aliphatic rings. The van der Waals surface area contributed by atoms with E-state index >= 15 is 0 Å². The number of unbranched alkanes of at least 4 members (excludes halogenated alkanes) is 1. The Morgan fingerprint density at radius 2 is 1.77 bits per heavy atom. The van der Waals surface area contributed by atoms with Gasteiger partial charge in [0.05, 0.1) is 0 Å². The summed E-state index contributed by atoms with van der Waals surface area (Å²) in [6, 6.07) is 3.65. The molecular formula is C20H30O2. The lowest BCUT2D eigenvalue weighted by molar-refractivity contribution is 0.311. The zero-order valence-corrected chi connectivity index (χ0v) is 14.5. The summed E-state index contributed by atoms with van der Waals surface area (Å²) in [6.45, 7) is 8.96. The van der Waals surface area contributed by atoms with Crippen LogP contribution in [0, 0.1) is 5.41 Å². The van der Waals surface area contributed by atoms with E-state index in [4.69, 9.17) is 0 Å². The van der Waals surface area contributed by atoms with Gasteiger partial charge in [-0.15, -0.1) is 0 Å². The molecule has 2 rings (SSSR count). The third-order valence-electron chi connectivity index (χ3n) is 4.92. The summed E-state index contributed by atoms with van der Waals surface area (Å²) in [5, 5.41) is 20.6. The molecule has 0 unspecified atom stereocenters. The number of phenols is 2. The van der Waals surface area contributed by atoms with Crippen LogP contribution in [0.3, 0.4) is 0 Å². The monoisotopic (exact) mass is 302 g/mol. The second kappa shape index (κ2) is 6.76. The van der Waals surface area contributed by atoms with Gasteiger partial charge in [0.1, 0.15) is 11.5 Å². The van der Waals surface area contributed by atoms with Crippen molar-refractivity contribution in [1.29, 1.82) is 0 Å². The number of aromatic hydroxyl groups is 2. The molecule has 0 amide bonds. The first-order valence-electron chi connectivity index (χ1n) is 8.53. The van der Waals surface area contributed by atoms with Gasteiger partial charge < -0.3 is 10.2 Å². The SMILES string of the molecule is CCCCc1cc(O)c(CC2=C(C)CC(C)(C)CC2)c(O)c1. The van der Waals surface area contributed by atoms with Gasteiger partial charge in [-0.25, -0.2) is 0 Å². The Balaban J connectivity index is 2.20. The summed E-state index contributed by atoms with van der Waals surface area (Å²) in [7, 11) is 0. The number of phenolic OH excluding ortho intramolecular Hbond substituents is 2. The van der Waals surface area contributed by atoms with Crippen LogP contribution in [0.25, 0.3) is 0 Å². The molecule has 0 bridgehead atoms. The van der Waals surface area contributed by atoms with Crippen LogP contribution < -0.4 is 0 Å². The van der Waals surface area contributed by atoms with Crippen molar-refractivity contribution in [2.75, 3.05) is 0 Å². The zero-order valence-electron chi connectivity index (χ0n) is 14.5. The maximum atomic E-state index is 10.3. The molecule has 0 radical (unpaired) electrons. The lowest BCUT2D eigenvalue weighted by atomic mass is 9.73. The van der Waals surface area contributed by atoms with E-state index in [0.717, 1.165) is 37.7 Å². The number of hydrogen-bond donors (Lipinski definition) is 2. The summed E-state index contributed by atoms with van der Waals surface area (Å²) in [5.41, 5.74) is 4.89. The van der Waals surface area contributed by atoms with Gasteiger partial charge in [0.2, 0.25) is 0 Å². The van der Waals surface area contributed by atoms with Gasteiger partial charge >= 0.3 is 0 Å². The van der Waals surface area contributed by atoms with E-state index in [2.05, 4.69) is 27.7 Å². The Labute approximate surface area is 134 Å². The smallest absolute Gasteiger partial charge is 0.123 e. The van der Waals surface area contributed by atoms with E-state index in [1.54, 1.807) is 0 Å². The van der Waals surface area contributed by atoms with Crippen molar-refractivity contribution in [3.05, 3.63) is 34.4 Å². The highest BCUT2D eigenvalue weighted by molar-refractivity contribution is 5.49. The molecule has 2 nitrogen and oxygen atoms in total. The Morgan fingerprint density at radius 1 is 1.14 bits per heavy atom. The minimum Gasteiger partial charge on any atom is -0.508 e. The highest BCUT2D eigenvalue weighted by Gasteiger charge is 2.25. The highest BCUT2D eigenvalue weighted by atomic mass is 16.3. The molecule has 0 atom stereocenters. The normalized spacial score (nSPS) is 17.8. The second-order valence-corrected chi connectivity index (χ2v) is 7.62. The fourth-order valence-electron chi connectivity index (χ4n) is 3.49. The first kappa shape index (κ1) is 16.9. The van der Waals surface area contributed by atoms with Gasteiger partial charge in [-0.05, 0) is 62.1 Å². The molecule has 0 saturated heterocycles. The van der Waals surface area contributed by atoms with E-state index in [1.807, 2.05) is 12.1 Å². The summed E-state index contributed by atoms with van der Waals surface area (Å²) in [5.74, 6) is 0.493. The van der Waals surface area contributed by atoms with Crippen LogP contribution in [0.2, 0.25) is 0 Å². The van der Waals surface area contributed by atoms with E-state index in [1.165, 1.54) is 17.6 Å². The Bertz CT molecular complexity index is 544. The first-order valence-corrected chi connectivity index (χ1v) is 8.53. The minimum absolute atomic E-state index is 0.247.